The summed E-state index contributed by atoms with van der Waals surface area (Å²) < 4.78 is 28.3. The molecule has 0 radical (unpaired) electrons. The largest absolute Gasteiger partial charge is 0.305 e. The Morgan fingerprint density at radius 3 is 2.44 bits per heavy atom. The van der Waals surface area contributed by atoms with Gasteiger partial charge < -0.3 is 9.47 Å². The van der Waals surface area contributed by atoms with Gasteiger partial charge in [0.1, 0.15) is 4.90 Å². The number of carbonyl (C=O) groups is 1. The molecule has 0 unspecified atom stereocenters. The number of benzene rings is 2. The third-order valence-corrected chi connectivity index (χ3v) is 8.89. The van der Waals surface area contributed by atoms with Crippen LogP contribution in [0.5, 0.6) is 0 Å². The highest BCUT2D eigenvalue weighted by Gasteiger charge is 2.40. The third kappa shape index (κ3) is 4.15. The first-order chi connectivity index (χ1) is 16.4. The van der Waals surface area contributed by atoms with Crippen molar-refractivity contribution in [3.05, 3.63) is 75.5 Å². The minimum Gasteiger partial charge on any atom is -0.305 e. The molecule has 0 bridgehead atoms. The maximum absolute atomic E-state index is 12.7. The average molecular weight is 500 g/mol. The van der Waals surface area contributed by atoms with Crippen LogP contribution in [0.25, 0.3) is 10.9 Å². The Morgan fingerprint density at radius 2 is 1.65 bits per heavy atom. The van der Waals surface area contributed by atoms with Crippen LogP contribution >= 0.6 is 11.6 Å². The summed E-state index contributed by atoms with van der Waals surface area (Å²) in [5.74, 6) is -0.501. The Hall–Kier alpha value is -2.68. The maximum Gasteiger partial charge on any atom is 0.269 e. The molecule has 1 aromatic heterocycles. The van der Waals surface area contributed by atoms with Crippen molar-refractivity contribution in [2.24, 2.45) is 0 Å². The lowest BCUT2D eigenvalue weighted by atomic mass is 10.0. The number of nitrogens with zero attached hydrogens (tertiary/aromatic N) is 3. The Morgan fingerprint density at radius 1 is 0.912 bits per heavy atom. The van der Waals surface area contributed by atoms with Gasteiger partial charge >= 0.3 is 0 Å². The van der Waals surface area contributed by atoms with Crippen LogP contribution < -0.4 is 5.56 Å². The molecule has 2 aliphatic heterocycles. The summed E-state index contributed by atoms with van der Waals surface area (Å²) in [7, 11) is -3.80. The van der Waals surface area contributed by atoms with Crippen molar-refractivity contribution >= 4 is 38.4 Å². The predicted molar refractivity (Wildman–Crippen MR) is 132 cm³/mol. The zero-order valence-corrected chi connectivity index (χ0v) is 20.3. The lowest BCUT2D eigenvalue weighted by Gasteiger charge is -2.33. The Labute approximate surface area is 203 Å². The topological polar surface area (TPSA) is 79.7 Å². The van der Waals surface area contributed by atoms with Crippen molar-refractivity contribution in [1.82, 2.24) is 13.8 Å². The first kappa shape index (κ1) is 23.1. The number of unbranched alkanes of at least 4 members (excludes halogenated alkanes) is 1. The van der Waals surface area contributed by atoms with E-state index in [4.69, 9.17) is 11.6 Å². The Bertz CT molecular complexity index is 1410. The molecule has 2 aromatic carbocycles. The molecule has 9 heteroatoms. The number of pyridine rings is 1. The van der Waals surface area contributed by atoms with Crippen LogP contribution in [0.4, 0.5) is 0 Å². The van der Waals surface area contributed by atoms with Crippen LogP contribution in [-0.2, 0) is 10.0 Å². The van der Waals surface area contributed by atoms with Crippen LogP contribution in [0.3, 0.4) is 0 Å². The molecule has 0 atom stereocenters. The molecule has 5 rings (SSSR count). The van der Waals surface area contributed by atoms with E-state index in [-0.39, 0.29) is 28.6 Å². The van der Waals surface area contributed by atoms with E-state index in [0.717, 1.165) is 54.1 Å². The van der Waals surface area contributed by atoms with Gasteiger partial charge in [-0.25, -0.2) is 12.7 Å². The van der Waals surface area contributed by atoms with E-state index < -0.39 is 15.9 Å². The molecule has 178 valence electrons. The van der Waals surface area contributed by atoms with Gasteiger partial charge in [0, 0.05) is 36.8 Å². The molecule has 0 saturated carbocycles. The van der Waals surface area contributed by atoms with Gasteiger partial charge in [0.05, 0.1) is 11.1 Å². The maximum atomic E-state index is 12.7. The smallest absolute Gasteiger partial charge is 0.269 e. The fourth-order valence-electron chi connectivity index (χ4n) is 5.05. The number of carbonyl (C=O) groups excluding carboxylic acids is 1. The monoisotopic (exact) mass is 499 g/mol. The molecule has 0 aliphatic carbocycles. The van der Waals surface area contributed by atoms with Gasteiger partial charge in [-0.2, -0.15) is 0 Å². The normalized spacial score (nSPS) is 18.5. The second-order valence-corrected chi connectivity index (χ2v) is 11.2. The van der Waals surface area contributed by atoms with E-state index in [9.17, 15) is 18.0 Å². The van der Waals surface area contributed by atoms with Crippen LogP contribution in [0.2, 0.25) is 5.02 Å². The standard InChI is InChI=1S/C25H26ClN3O4S/c26-19-8-9-23-21(17-19)25(31)28(34(23,32)33)14-4-3-13-27-15-11-20(12-16-27)29-22-6-2-1-5-18(22)7-10-24(29)30/h1-2,5-10,17,20H,3-4,11-16H2. The van der Waals surface area contributed by atoms with E-state index in [0.29, 0.717) is 11.4 Å². The molecule has 34 heavy (non-hydrogen) atoms. The highest BCUT2D eigenvalue weighted by Crippen LogP contribution is 2.32. The first-order valence-electron chi connectivity index (χ1n) is 11.6. The molecular weight excluding hydrogens is 474 g/mol. The quantitative estimate of drug-likeness (QED) is 0.480. The number of hydrogen-bond donors (Lipinski definition) is 0. The summed E-state index contributed by atoms with van der Waals surface area (Å²) in [6, 6.07) is 16.0. The fourth-order valence-corrected chi connectivity index (χ4v) is 6.81. The summed E-state index contributed by atoms with van der Waals surface area (Å²) in [5.41, 5.74) is 1.17. The zero-order valence-electron chi connectivity index (χ0n) is 18.7. The molecular formula is C25H26ClN3O4S. The van der Waals surface area contributed by atoms with E-state index in [1.165, 1.54) is 18.2 Å². The van der Waals surface area contributed by atoms with E-state index in [1.54, 1.807) is 6.07 Å². The van der Waals surface area contributed by atoms with Crippen molar-refractivity contribution in [2.75, 3.05) is 26.2 Å². The minimum absolute atomic E-state index is 0.0349. The summed E-state index contributed by atoms with van der Waals surface area (Å²) >= 11 is 5.94. The predicted octanol–water partition coefficient (Wildman–Crippen LogP) is 3.92. The number of rotatable bonds is 6. The molecule has 2 aliphatic rings. The molecule has 0 N–H and O–H groups in total. The highest BCUT2D eigenvalue weighted by molar-refractivity contribution is 7.90. The fraction of sp³-hybridized carbons (Fsp3) is 0.360. The molecule has 1 amide bonds. The molecule has 7 nitrogen and oxygen atoms in total. The van der Waals surface area contributed by atoms with Crippen molar-refractivity contribution in [3.63, 3.8) is 0 Å². The Balaban J connectivity index is 1.15. The zero-order chi connectivity index (χ0) is 23.9. The average Bonchev–Trinajstić information content (AvgIpc) is 3.02. The Kier molecular flexibility index (Phi) is 6.22. The van der Waals surface area contributed by atoms with E-state index >= 15 is 0 Å². The van der Waals surface area contributed by atoms with Crippen LogP contribution in [0.15, 0.2) is 64.3 Å². The number of halogens is 1. The minimum atomic E-state index is -3.80. The number of sulfonamides is 1. The van der Waals surface area contributed by atoms with Gasteiger partial charge in [-0.1, -0.05) is 29.8 Å². The van der Waals surface area contributed by atoms with E-state index in [2.05, 4.69) is 4.90 Å². The number of aromatic nitrogens is 1. The van der Waals surface area contributed by atoms with Gasteiger partial charge in [0.15, 0.2) is 0 Å². The van der Waals surface area contributed by atoms with Gasteiger partial charge in [-0.15, -0.1) is 0 Å². The van der Waals surface area contributed by atoms with Gasteiger partial charge in [-0.05, 0) is 67.9 Å². The van der Waals surface area contributed by atoms with Crippen LogP contribution in [-0.4, -0.2) is 54.3 Å². The number of amides is 1. The SMILES string of the molecule is O=C1c2cc(Cl)ccc2S(=O)(=O)N1CCCCN1CCC(n2c(=O)ccc3ccccc32)CC1. The first-order valence-corrected chi connectivity index (χ1v) is 13.4. The summed E-state index contributed by atoms with van der Waals surface area (Å²) in [5, 5.41) is 1.42. The molecule has 3 aromatic rings. The van der Waals surface area contributed by atoms with Crippen molar-refractivity contribution in [2.45, 2.75) is 36.6 Å². The van der Waals surface area contributed by atoms with Crippen molar-refractivity contribution in [3.8, 4) is 0 Å². The summed E-state index contributed by atoms with van der Waals surface area (Å²) in [6.07, 6.45) is 3.16. The van der Waals surface area contributed by atoms with Crippen molar-refractivity contribution < 1.29 is 13.2 Å². The highest BCUT2D eigenvalue weighted by atomic mass is 35.5. The number of hydrogen-bond acceptors (Lipinski definition) is 5. The summed E-state index contributed by atoms with van der Waals surface area (Å²) in [6.45, 7) is 2.75. The van der Waals surface area contributed by atoms with Gasteiger partial charge in [0.2, 0.25) is 0 Å². The second-order valence-electron chi connectivity index (χ2n) is 8.90. The summed E-state index contributed by atoms with van der Waals surface area (Å²) in [4.78, 5) is 27.6. The molecule has 1 saturated heterocycles. The van der Waals surface area contributed by atoms with E-state index in [1.807, 2.05) is 34.9 Å². The molecule has 3 heterocycles. The number of likely N-dealkylation sites (tertiary alicyclic amines) is 1. The van der Waals surface area contributed by atoms with Crippen LogP contribution in [0.1, 0.15) is 42.1 Å². The van der Waals surface area contributed by atoms with Gasteiger partial charge in [-0.3, -0.25) is 9.59 Å². The molecule has 1 fully saturated rings. The molecule has 0 spiro atoms. The lowest BCUT2D eigenvalue weighted by Crippen LogP contribution is -2.38. The van der Waals surface area contributed by atoms with Gasteiger partial charge in [0.25, 0.3) is 21.5 Å². The van der Waals surface area contributed by atoms with Crippen molar-refractivity contribution in [1.29, 1.82) is 0 Å². The number of para-hydroxylation sites is 1. The lowest BCUT2D eigenvalue weighted by molar-refractivity contribution is 0.0868. The third-order valence-electron chi connectivity index (χ3n) is 6.81. The van der Waals surface area contributed by atoms with Crippen LogP contribution in [0, 0.1) is 0 Å². The number of piperidine rings is 1. The second kappa shape index (κ2) is 9.17. The number of fused-ring (bicyclic) bond motifs is 2.